The van der Waals surface area contributed by atoms with Crippen LogP contribution in [0.1, 0.15) is 39.7 Å². The second-order valence-electron chi connectivity index (χ2n) is 4.61. The van der Waals surface area contributed by atoms with Crippen LogP contribution in [0.15, 0.2) is 42.7 Å². The summed E-state index contributed by atoms with van der Waals surface area (Å²) in [4.78, 5) is 6.52. The Labute approximate surface area is 129 Å². The number of benzene rings is 1. The first-order chi connectivity index (χ1) is 10.3. The first-order valence-electron chi connectivity index (χ1n) is 8.09. The summed E-state index contributed by atoms with van der Waals surface area (Å²) in [5, 5.41) is 0. The largest absolute Gasteiger partial charge is 0.374 e. The first kappa shape index (κ1) is 17.2. The van der Waals surface area contributed by atoms with Gasteiger partial charge in [0.05, 0.1) is 0 Å². The summed E-state index contributed by atoms with van der Waals surface area (Å²) in [5.74, 6) is 0. The van der Waals surface area contributed by atoms with Gasteiger partial charge < -0.3 is 4.90 Å². The molecule has 1 aliphatic heterocycles. The van der Waals surface area contributed by atoms with E-state index in [1.54, 1.807) is 0 Å². The molecule has 1 aliphatic rings. The smallest absolute Gasteiger partial charge is 0.0396 e. The van der Waals surface area contributed by atoms with E-state index >= 15 is 0 Å². The zero-order chi connectivity index (χ0) is 15.7. The van der Waals surface area contributed by atoms with E-state index in [0.717, 1.165) is 0 Å². The summed E-state index contributed by atoms with van der Waals surface area (Å²) in [6, 6.07) is 10.8. The van der Waals surface area contributed by atoms with Crippen LogP contribution in [0.5, 0.6) is 0 Å². The molecule has 114 valence electrons. The van der Waals surface area contributed by atoms with Crippen molar-refractivity contribution in [2.24, 2.45) is 0 Å². The van der Waals surface area contributed by atoms with Crippen molar-refractivity contribution in [3.63, 3.8) is 0 Å². The highest BCUT2D eigenvalue weighted by atomic mass is 15.1. The minimum absolute atomic E-state index is 1.17. The molecule has 2 heteroatoms. The number of fused-ring (bicyclic) bond motifs is 1. The molecule has 0 N–H and O–H groups in total. The third-order valence-electron chi connectivity index (χ3n) is 3.43. The lowest BCUT2D eigenvalue weighted by atomic mass is 9.97. The van der Waals surface area contributed by atoms with Crippen molar-refractivity contribution in [3.8, 4) is 11.1 Å². The topological polar surface area (TPSA) is 16.1 Å². The molecule has 1 aromatic carbocycles. The van der Waals surface area contributed by atoms with Gasteiger partial charge >= 0.3 is 0 Å². The van der Waals surface area contributed by atoms with Gasteiger partial charge in [0, 0.05) is 31.7 Å². The maximum atomic E-state index is 4.18. The fourth-order valence-corrected chi connectivity index (χ4v) is 2.50. The van der Waals surface area contributed by atoms with E-state index in [-0.39, 0.29) is 0 Å². The number of rotatable bonds is 1. The molecule has 0 aliphatic carbocycles. The van der Waals surface area contributed by atoms with Gasteiger partial charge in [-0.25, -0.2) is 0 Å². The molecule has 1 aromatic heterocycles. The van der Waals surface area contributed by atoms with Crippen molar-refractivity contribution in [2.45, 2.75) is 40.5 Å². The van der Waals surface area contributed by atoms with Crippen LogP contribution in [0.4, 0.5) is 5.69 Å². The van der Waals surface area contributed by atoms with Crippen LogP contribution in [0, 0.1) is 0 Å². The van der Waals surface area contributed by atoms with Gasteiger partial charge in [-0.05, 0) is 47.7 Å². The lowest BCUT2D eigenvalue weighted by Gasteiger charge is -2.27. The number of anilines is 1. The van der Waals surface area contributed by atoms with Crippen LogP contribution >= 0.6 is 0 Å². The first-order valence-corrected chi connectivity index (χ1v) is 8.09. The van der Waals surface area contributed by atoms with E-state index in [2.05, 4.69) is 41.2 Å². The van der Waals surface area contributed by atoms with Crippen LogP contribution in [-0.4, -0.2) is 18.6 Å². The van der Waals surface area contributed by atoms with E-state index in [1.807, 2.05) is 46.2 Å². The summed E-state index contributed by atoms with van der Waals surface area (Å²) >= 11 is 0. The van der Waals surface area contributed by atoms with Gasteiger partial charge in [-0.1, -0.05) is 39.8 Å². The molecule has 0 atom stereocenters. The second-order valence-corrected chi connectivity index (χ2v) is 4.61. The second kappa shape index (κ2) is 9.17. The van der Waals surface area contributed by atoms with Crippen molar-refractivity contribution >= 4 is 5.69 Å². The average Bonchev–Trinajstić information content (AvgIpc) is 2.59. The van der Waals surface area contributed by atoms with Crippen LogP contribution in [0.2, 0.25) is 0 Å². The van der Waals surface area contributed by atoms with Crippen molar-refractivity contribution in [2.75, 3.05) is 18.5 Å². The maximum Gasteiger partial charge on any atom is 0.0396 e. The van der Waals surface area contributed by atoms with E-state index in [9.17, 15) is 0 Å². The summed E-state index contributed by atoms with van der Waals surface area (Å²) in [6.45, 7) is 9.17. The summed E-state index contributed by atoms with van der Waals surface area (Å²) in [5.41, 5.74) is 5.31. The molecular formula is C19H28N2. The summed E-state index contributed by atoms with van der Waals surface area (Å²) < 4.78 is 0. The molecule has 0 amide bonds. The number of hydrogen-bond acceptors (Lipinski definition) is 2. The molecular weight excluding hydrogens is 256 g/mol. The highest BCUT2D eigenvalue weighted by Crippen LogP contribution is 2.30. The summed E-state index contributed by atoms with van der Waals surface area (Å²) in [6.07, 6.45) is 6.18. The summed E-state index contributed by atoms with van der Waals surface area (Å²) in [7, 11) is 2.17. The van der Waals surface area contributed by atoms with E-state index < -0.39 is 0 Å². The predicted octanol–water partition coefficient (Wildman–Crippen LogP) is 5.18. The van der Waals surface area contributed by atoms with Crippen LogP contribution < -0.4 is 4.90 Å². The lowest BCUT2D eigenvalue weighted by molar-refractivity contribution is 0.745. The molecule has 2 heterocycles. The Balaban J connectivity index is 0.000000510. The third kappa shape index (κ3) is 4.32. The minimum atomic E-state index is 1.17. The van der Waals surface area contributed by atoms with E-state index in [1.165, 1.54) is 41.8 Å². The Bertz CT molecular complexity index is 520. The van der Waals surface area contributed by atoms with Crippen molar-refractivity contribution in [3.05, 3.63) is 48.3 Å². The maximum absolute atomic E-state index is 4.18. The zero-order valence-corrected chi connectivity index (χ0v) is 14.1. The van der Waals surface area contributed by atoms with Crippen LogP contribution in [-0.2, 0) is 6.42 Å². The molecule has 0 saturated heterocycles. The van der Waals surface area contributed by atoms with Crippen LogP contribution in [0.25, 0.3) is 11.1 Å². The van der Waals surface area contributed by atoms with Gasteiger partial charge in [0.2, 0.25) is 0 Å². The van der Waals surface area contributed by atoms with Crippen molar-refractivity contribution in [1.29, 1.82) is 0 Å². The van der Waals surface area contributed by atoms with Gasteiger partial charge in [-0.15, -0.1) is 0 Å². The number of nitrogens with zero attached hydrogens (tertiary/aromatic N) is 2. The number of aryl methyl sites for hydroxylation is 1. The van der Waals surface area contributed by atoms with E-state index in [0.29, 0.717) is 0 Å². The fraction of sp³-hybridized carbons (Fsp3) is 0.421. The van der Waals surface area contributed by atoms with E-state index in [4.69, 9.17) is 0 Å². The Kier molecular flexibility index (Phi) is 7.52. The Morgan fingerprint density at radius 2 is 1.76 bits per heavy atom. The molecule has 0 unspecified atom stereocenters. The Morgan fingerprint density at radius 1 is 1.00 bits per heavy atom. The number of aromatic nitrogens is 1. The molecule has 2 aromatic rings. The number of hydrogen-bond donors (Lipinski definition) is 0. The third-order valence-corrected chi connectivity index (χ3v) is 3.43. The molecule has 0 spiro atoms. The van der Waals surface area contributed by atoms with Gasteiger partial charge in [-0.3, -0.25) is 4.98 Å². The molecule has 2 nitrogen and oxygen atoms in total. The van der Waals surface area contributed by atoms with Gasteiger partial charge in [0.1, 0.15) is 0 Å². The molecule has 3 rings (SSSR count). The van der Waals surface area contributed by atoms with Crippen molar-refractivity contribution in [1.82, 2.24) is 4.98 Å². The highest BCUT2D eigenvalue weighted by Gasteiger charge is 2.13. The van der Waals surface area contributed by atoms with Gasteiger partial charge in [-0.2, -0.15) is 0 Å². The molecule has 0 radical (unpaired) electrons. The SMILES string of the molecule is CC.CC.CN1CCCc2cc(-c3cccnc3)ccc21. The zero-order valence-electron chi connectivity index (χ0n) is 14.1. The molecule has 21 heavy (non-hydrogen) atoms. The Morgan fingerprint density at radius 3 is 2.43 bits per heavy atom. The fourth-order valence-electron chi connectivity index (χ4n) is 2.50. The minimum Gasteiger partial charge on any atom is -0.374 e. The molecule has 0 saturated carbocycles. The Hall–Kier alpha value is -1.83. The predicted molar refractivity (Wildman–Crippen MR) is 94.0 cm³/mol. The van der Waals surface area contributed by atoms with Crippen LogP contribution in [0.3, 0.4) is 0 Å². The van der Waals surface area contributed by atoms with Gasteiger partial charge in [0.25, 0.3) is 0 Å². The highest BCUT2D eigenvalue weighted by molar-refractivity contribution is 5.69. The molecule has 0 bridgehead atoms. The molecule has 0 fully saturated rings. The van der Waals surface area contributed by atoms with Gasteiger partial charge in [0.15, 0.2) is 0 Å². The number of pyridine rings is 1. The lowest BCUT2D eigenvalue weighted by Crippen LogP contribution is -2.24. The normalized spacial score (nSPS) is 12.3. The average molecular weight is 284 g/mol. The quantitative estimate of drug-likeness (QED) is 0.717. The standard InChI is InChI=1S/C15H16N2.2C2H6/c1-17-9-3-5-13-10-12(6-7-15(13)17)14-4-2-8-16-11-14;2*1-2/h2,4,6-8,10-11H,3,5,9H2,1H3;2*1-2H3. The van der Waals surface area contributed by atoms with Crippen molar-refractivity contribution < 1.29 is 0 Å². The monoisotopic (exact) mass is 284 g/mol.